The van der Waals surface area contributed by atoms with Gasteiger partial charge in [-0.25, -0.2) is 9.18 Å². The average Bonchev–Trinajstić information content (AvgIpc) is 3.01. The summed E-state index contributed by atoms with van der Waals surface area (Å²) < 4.78 is 18.3. The fourth-order valence-electron chi connectivity index (χ4n) is 2.65. The number of carbonyl (C=O) groups excluding carboxylic acids is 2. The topological polar surface area (TPSA) is 70.7 Å². The summed E-state index contributed by atoms with van der Waals surface area (Å²) in [6.07, 6.45) is 0. The maximum atomic E-state index is 13.2. The number of rotatable bonds is 5. The number of hydrogen-bond acceptors (Lipinski definition) is 3. The highest BCUT2D eigenvalue weighted by molar-refractivity contribution is 6.00. The summed E-state index contributed by atoms with van der Waals surface area (Å²) in [4.78, 5) is 25.9. The zero-order valence-corrected chi connectivity index (χ0v) is 13.7. The van der Waals surface area contributed by atoms with Crippen LogP contribution in [0.15, 0.2) is 48.5 Å². The number of nitrogens with zero attached hydrogens (tertiary/aromatic N) is 1. The van der Waals surface area contributed by atoms with E-state index in [1.165, 1.54) is 17.0 Å². The summed E-state index contributed by atoms with van der Waals surface area (Å²) >= 11 is 0. The maximum Gasteiger partial charge on any atom is 0.322 e. The van der Waals surface area contributed by atoms with Crippen LogP contribution < -0.4 is 20.3 Å². The first-order valence-corrected chi connectivity index (χ1v) is 7.81. The van der Waals surface area contributed by atoms with Crippen LogP contribution in [0.1, 0.15) is 5.56 Å². The lowest BCUT2D eigenvalue weighted by molar-refractivity contribution is -0.122. The van der Waals surface area contributed by atoms with Gasteiger partial charge in [0.25, 0.3) is 0 Å². The second-order valence-electron chi connectivity index (χ2n) is 5.66. The molecule has 1 heterocycles. The number of urea groups is 1. The summed E-state index contributed by atoms with van der Waals surface area (Å²) in [5.41, 5.74) is 1.31. The molecule has 1 fully saturated rings. The van der Waals surface area contributed by atoms with Gasteiger partial charge in [0.15, 0.2) is 0 Å². The molecule has 1 aliphatic rings. The number of halogens is 1. The molecule has 0 bridgehead atoms. The highest BCUT2D eigenvalue weighted by atomic mass is 19.1. The van der Waals surface area contributed by atoms with E-state index >= 15 is 0 Å². The molecule has 1 saturated heterocycles. The highest BCUT2D eigenvalue weighted by Gasteiger charge is 2.34. The zero-order valence-electron chi connectivity index (χ0n) is 13.7. The van der Waals surface area contributed by atoms with E-state index in [1.807, 2.05) is 0 Å². The van der Waals surface area contributed by atoms with Gasteiger partial charge in [0.1, 0.15) is 17.6 Å². The molecule has 130 valence electrons. The molecule has 2 aromatic carbocycles. The van der Waals surface area contributed by atoms with Crippen LogP contribution in [0, 0.1) is 5.82 Å². The molecule has 1 aliphatic heterocycles. The largest absolute Gasteiger partial charge is 0.497 e. The smallest absolute Gasteiger partial charge is 0.322 e. The van der Waals surface area contributed by atoms with E-state index in [-0.39, 0.29) is 30.8 Å². The second kappa shape index (κ2) is 7.21. The molecule has 0 aliphatic carbocycles. The van der Waals surface area contributed by atoms with Gasteiger partial charge in [0, 0.05) is 18.3 Å². The number of benzene rings is 2. The molecule has 3 amide bonds. The SMILES string of the molecule is COc1cccc(N2CC(C(=O)NCc3cccc(F)c3)NC2=O)c1. The van der Waals surface area contributed by atoms with Crippen molar-refractivity contribution in [1.82, 2.24) is 10.6 Å². The molecular weight excluding hydrogens is 325 g/mol. The third-order valence-electron chi connectivity index (χ3n) is 3.95. The van der Waals surface area contributed by atoms with Crippen LogP contribution in [0.4, 0.5) is 14.9 Å². The number of hydrogen-bond donors (Lipinski definition) is 2. The van der Waals surface area contributed by atoms with E-state index in [4.69, 9.17) is 4.74 Å². The number of carbonyl (C=O) groups is 2. The fraction of sp³-hybridized carbons (Fsp3) is 0.222. The van der Waals surface area contributed by atoms with Crippen LogP contribution in [0.3, 0.4) is 0 Å². The van der Waals surface area contributed by atoms with Crippen molar-refractivity contribution < 1.29 is 18.7 Å². The molecule has 1 atom stereocenters. The number of methoxy groups -OCH3 is 1. The molecule has 0 spiro atoms. The predicted octanol–water partition coefficient (Wildman–Crippen LogP) is 2.05. The van der Waals surface area contributed by atoms with E-state index in [9.17, 15) is 14.0 Å². The van der Waals surface area contributed by atoms with Gasteiger partial charge < -0.3 is 15.4 Å². The Morgan fingerprint density at radius 2 is 2.12 bits per heavy atom. The van der Waals surface area contributed by atoms with Crippen molar-refractivity contribution in [3.8, 4) is 5.75 Å². The predicted molar refractivity (Wildman–Crippen MR) is 90.9 cm³/mol. The van der Waals surface area contributed by atoms with Crippen molar-refractivity contribution in [3.05, 3.63) is 59.9 Å². The van der Waals surface area contributed by atoms with Gasteiger partial charge >= 0.3 is 6.03 Å². The Bertz CT molecular complexity index is 797. The molecule has 0 aromatic heterocycles. The van der Waals surface area contributed by atoms with Crippen molar-refractivity contribution in [1.29, 1.82) is 0 Å². The molecule has 2 aromatic rings. The Balaban J connectivity index is 1.62. The van der Waals surface area contributed by atoms with E-state index < -0.39 is 6.04 Å². The molecule has 1 unspecified atom stereocenters. The Morgan fingerprint density at radius 1 is 1.32 bits per heavy atom. The van der Waals surface area contributed by atoms with Crippen LogP contribution >= 0.6 is 0 Å². The lowest BCUT2D eigenvalue weighted by Gasteiger charge is -2.15. The Hall–Kier alpha value is -3.09. The molecule has 6 nitrogen and oxygen atoms in total. The van der Waals surface area contributed by atoms with Gasteiger partial charge in [-0.1, -0.05) is 18.2 Å². The monoisotopic (exact) mass is 343 g/mol. The maximum absolute atomic E-state index is 13.2. The minimum atomic E-state index is -0.674. The first-order chi connectivity index (χ1) is 12.1. The van der Waals surface area contributed by atoms with Crippen molar-refractivity contribution in [2.45, 2.75) is 12.6 Å². The molecule has 0 radical (unpaired) electrons. The molecule has 0 saturated carbocycles. The number of nitrogens with one attached hydrogen (secondary N) is 2. The highest BCUT2D eigenvalue weighted by Crippen LogP contribution is 2.23. The number of ether oxygens (including phenoxy) is 1. The quantitative estimate of drug-likeness (QED) is 0.873. The Kier molecular flexibility index (Phi) is 4.83. The van der Waals surface area contributed by atoms with Gasteiger partial charge in [-0.2, -0.15) is 0 Å². The van der Waals surface area contributed by atoms with E-state index in [2.05, 4.69) is 10.6 Å². The second-order valence-corrected chi connectivity index (χ2v) is 5.66. The van der Waals surface area contributed by atoms with Gasteiger partial charge in [-0.3, -0.25) is 9.69 Å². The van der Waals surface area contributed by atoms with Crippen LogP contribution in [-0.4, -0.2) is 31.6 Å². The molecule has 25 heavy (non-hydrogen) atoms. The van der Waals surface area contributed by atoms with Crippen LogP contribution in [0.2, 0.25) is 0 Å². The average molecular weight is 343 g/mol. The van der Waals surface area contributed by atoms with Crippen LogP contribution in [-0.2, 0) is 11.3 Å². The van der Waals surface area contributed by atoms with Gasteiger partial charge in [-0.15, -0.1) is 0 Å². The minimum absolute atomic E-state index is 0.197. The lowest BCUT2D eigenvalue weighted by atomic mass is 10.2. The van der Waals surface area contributed by atoms with E-state index in [0.717, 1.165) is 0 Å². The van der Waals surface area contributed by atoms with Crippen LogP contribution in [0.25, 0.3) is 0 Å². The summed E-state index contributed by atoms with van der Waals surface area (Å²) in [5.74, 6) is -0.0440. The van der Waals surface area contributed by atoms with Crippen molar-refractivity contribution >= 4 is 17.6 Å². The third-order valence-corrected chi connectivity index (χ3v) is 3.95. The fourth-order valence-corrected chi connectivity index (χ4v) is 2.65. The summed E-state index contributed by atoms with van der Waals surface area (Å²) in [6, 6.07) is 12.0. The molecular formula is C18H18FN3O3. The van der Waals surface area contributed by atoms with E-state index in [0.29, 0.717) is 17.0 Å². The first kappa shape index (κ1) is 16.8. The van der Waals surface area contributed by atoms with Gasteiger partial charge in [-0.05, 0) is 29.8 Å². The number of amides is 3. The van der Waals surface area contributed by atoms with Gasteiger partial charge in [0.05, 0.1) is 13.7 Å². The lowest BCUT2D eigenvalue weighted by Crippen LogP contribution is -2.42. The zero-order chi connectivity index (χ0) is 17.8. The van der Waals surface area contributed by atoms with Gasteiger partial charge in [0.2, 0.25) is 5.91 Å². The Labute approximate surface area is 144 Å². The third kappa shape index (κ3) is 3.88. The van der Waals surface area contributed by atoms with Crippen molar-refractivity contribution in [3.63, 3.8) is 0 Å². The number of anilines is 1. The summed E-state index contributed by atoms with van der Waals surface area (Å²) in [6.45, 7) is 0.406. The van der Waals surface area contributed by atoms with E-state index in [1.54, 1.807) is 43.5 Å². The standard InChI is InChI=1S/C18H18FN3O3/c1-25-15-7-3-6-14(9-15)22-11-16(21-18(22)24)17(23)20-10-12-4-2-5-13(19)8-12/h2-9,16H,10-11H2,1H3,(H,20,23)(H,21,24). The van der Waals surface area contributed by atoms with Crippen LogP contribution in [0.5, 0.6) is 5.75 Å². The van der Waals surface area contributed by atoms with Crippen molar-refractivity contribution in [2.24, 2.45) is 0 Å². The summed E-state index contributed by atoms with van der Waals surface area (Å²) in [5, 5.41) is 5.36. The Morgan fingerprint density at radius 3 is 2.88 bits per heavy atom. The molecule has 7 heteroatoms. The van der Waals surface area contributed by atoms with Crippen molar-refractivity contribution in [2.75, 3.05) is 18.6 Å². The summed E-state index contributed by atoms with van der Waals surface area (Å²) in [7, 11) is 1.55. The molecule has 2 N–H and O–H groups in total. The first-order valence-electron chi connectivity index (χ1n) is 7.81. The normalized spacial score (nSPS) is 16.5. The molecule has 3 rings (SSSR count). The minimum Gasteiger partial charge on any atom is -0.497 e.